The van der Waals surface area contributed by atoms with E-state index in [1.54, 1.807) is 0 Å². The van der Waals surface area contributed by atoms with Crippen LogP contribution in [0.15, 0.2) is 78.9 Å². The molecule has 0 saturated heterocycles. The summed E-state index contributed by atoms with van der Waals surface area (Å²) in [7, 11) is 0. The molecule has 1 radical (unpaired) electrons. The monoisotopic (exact) mass is 253 g/mol. The van der Waals surface area contributed by atoms with Gasteiger partial charge in [0.15, 0.2) is 0 Å². The molecule has 0 aliphatic carbocycles. The molecule has 0 spiro atoms. The lowest BCUT2D eigenvalue weighted by Crippen LogP contribution is -1.83. The van der Waals surface area contributed by atoms with E-state index in [0.717, 1.165) is 0 Å². The fraction of sp³-hybridized carbons (Fsp3) is 0. The predicted octanol–water partition coefficient (Wildman–Crippen LogP) is 5.46. The van der Waals surface area contributed by atoms with Crippen LogP contribution in [0.4, 0.5) is 0 Å². The van der Waals surface area contributed by atoms with E-state index in [0.29, 0.717) is 0 Å². The molecule has 0 atom stereocenters. The summed E-state index contributed by atoms with van der Waals surface area (Å²) in [5.74, 6) is 0. The van der Waals surface area contributed by atoms with Crippen LogP contribution < -0.4 is 0 Å². The van der Waals surface area contributed by atoms with E-state index in [9.17, 15) is 0 Å². The second kappa shape index (κ2) is 4.50. The largest absolute Gasteiger partial charge is 0.0622 e. The maximum absolute atomic E-state index is 3.21. The third-order valence-electron chi connectivity index (χ3n) is 3.79. The number of rotatable bonds is 1. The van der Waals surface area contributed by atoms with Crippen molar-refractivity contribution in [3.63, 3.8) is 0 Å². The van der Waals surface area contributed by atoms with Gasteiger partial charge >= 0.3 is 0 Å². The fourth-order valence-electron chi connectivity index (χ4n) is 2.85. The number of hydrogen-bond donors (Lipinski definition) is 0. The molecule has 0 N–H and O–H groups in total. The maximum atomic E-state index is 3.21. The molecule has 0 nitrogen and oxygen atoms in total. The summed E-state index contributed by atoms with van der Waals surface area (Å²) in [6.45, 7) is 0. The zero-order valence-electron chi connectivity index (χ0n) is 11.0. The van der Waals surface area contributed by atoms with Gasteiger partial charge in [-0.15, -0.1) is 0 Å². The van der Waals surface area contributed by atoms with E-state index in [1.165, 1.54) is 32.7 Å². The maximum Gasteiger partial charge on any atom is -0.00266 e. The first-order valence-corrected chi connectivity index (χ1v) is 6.80. The summed E-state index contributed by atoms with van der Waals surface area (Å²) >= 11 is 0. The van der Waals surface area contributed by atoms with Crippen molar-refractivity contribution >= 4 is 21.5 Å². The van der Waals surface area contributed by atoms with Crippen molar-refractivity contribution in [2.75, 3.05) is 0 Å². The van der Waals surface area contributed by atoms with E-state index in [-0.39, 0.29) is 0 Å². The highest BCUT2D eigenvalue weighted by molar-refractivity contribution is 6.14. The molecular formula is C20H13. The summed E-state index contributed by atoms with van der Waals surface area (Å²) in [5, 5.41) is 5.12. The molecule has 0 unspecified atom stereocenters. The van der Waals surface area contributed by atoms with E-state index >= 15 is 0 Å². The lowest BCUT2D eigenvalue weighted by molar-refractivity contribution is 1.66. The average molecular weight is 253 g/mol. The molecule has 0 aliphatic heterocycles. The Labute approximate surface area is 118 Å². The topological polar surface area (TPSA) is 0 Å². The van der Waals surface area contributed by atoms with Gasteiger partial charge in [-0.25, -0.2) is 0 Å². The number of hydrogen-bond acceptors (Lipinski definition) is 0. The van der Waals surface area contributed by atoms with Crippen LogP contribution in [0.1, 0.15) is 0 Å². The second-order valence-corrected chi connectivity index (χ2v) is 4.98. The van der Waals surface area contributed by atoms with Crippen LogP contribution in [0.5, 0.6) is 0 Å². The lowest BCUT2D eigenvalue weighted by atomic mass is 9.94. The third-order valence-corrected chi connectivity index (χ3v) is 3.79. The minimum absolute atomic E-state index is 1.26. The average Bonchev–Trinajstić information content (AvgIpc) is 2.55. The van der Waals surface area contributed by atoms with Crippen LogP contribution >= 0.6 is 0 Å². The smallest absolute Gasteiger partial charge is 0.00266 e. The van der Waals surface area contributed by atoms with Gasteiger partial charge in [0.25, 0.3) is 0 Å². The Hall–Kier alpha value is -2.60. The highest BCUT2D eigenvalue weighted by Gasteiger charge is 2.06. The Kier molecular flexibility index (Phi) is 2.53. The standard InChI is InChI=1S/C20H13/c1-2-7-15(8-3-1)19-12-6-10-17-14-13-16-9-4-5-11-18(16)20(17)19/h1-4,6-14H. The minimum Gasteiger partial charge on any atom is -0.0622 e. The Balaban J connectivity index is 2.19. The van der Waals surface area contributed by atoms with Crippen molar-refractivity contribution in [2.45, 2.75) is 0 Å². The summed E-state index contributed by atoms with van der Waals surface area (Å²) in [6.07, 6.45) is 0. The van der Waals surface area contributed by atoms with Crippen molar-refractivity contribution < 1.29 is 0 Å². The molecule has 20 heavy (non-hydrogen) atoms. The molecule has 0 heterocycles. The van der Waals surface area contributed by atoms with Crippen LogP contribution in [-0.2, 0) is 0 Å². The highest BCUT2D eigenvalue weighted by Crippen LogP contribution is 2.33. The van der Waals surface area contributed by atoms with Gasteiger partial charge in [0, 0.05) is 0 Å². The van der Waals surface area contributed by atoms with Crippen LogP contribution in [0, 0.1) is 6.07 Å². The van der Waals surface area contributed by atoms with Gasteiger partial charge in [-0.1, -0.05) is 72.8 Å². The summed E-state index contributed by atoms with van der Waals surface area (Å²) in [5.41, 5.74) is 2.54. The molecule has 0 amide bonds. The number of fused-ring (bicyclic) bond motifs is 3. The Morgan fingerprint density at radius 3 is 2.40 bits per heavy atom. The zero-order chi connectivity index (χ0) is 13.4. The van der Waals surface area contributed by atoms with Crippen molar-refractivity contribution in [3.05, 3.63) is 84.9 Å². The quantitative estimate of drug-likeness (QED) is 0.395. The van der Waals surface area contributed by atoms with E-state index in [4.69, 9.17) is 0 Å². The van der Waals surface area contributed by atoms with Gasteiger partial charge in [-0.2, -0.15) is 0 Å². The van der Waals surface area contributed by atoms with Crippen molar-refractivity contribution in [1.29, 1.82) is 0 Å². The van der Waals surface area contributed by atoms with E-state index < -0.39 is 0 Å². The van der Waals surface area contributed by atoms with Crippen LogP contribution in [0.3, 0.4) is 0 Å². The van der Waals surface area contributed by atoms with E-state index in [1.807, 2.05) is 6.07 Å². The van der Waals surface area contributed by atoms with Crippen molar-refractivity contribution in [2.24, 2.45) is 0 Å². The third kappa shape index (κ3) is 1.70. The predicted molar refractivity (Wildman–Crippen MR) is 85.7 cm³/mol. The van der Waals surface area contributed by atoms with Crippen LogP contribution in [-0.4, -0.2) is 0 Å². The van der Waals surface area contributed by atoms with Gasteiger partial charge in [0.1, 0.15) is 0 Å². The van der Waals surface area contributed by atoms with Crippen molar-refractivity contribution in [3.8, 4) is 11.1 Å². The summed E-state index contributed by atoms with van der Waals surface area (Å²) in [4.78, 5) is 0. The SMILES string of the molecule is [c]1ccc2ccc3cccc(-c4ccccc4)c3c2c1. The molecule has 4 aromatic carbocycles. The second-order valence-electron chi connectivity index (χ2n) is 4.98. The molecule has 4 rings (SSSR count). The van der Waals surface area contributed by atoms with Gasteiger partial charge in [0.05, 0.1) is 0 Å². The Morgan fingerprint density at radius 1 is 0.650 bits per heavy atom. The summed E-state index contributed by atoms with van der Waals surface area (Å²) < 4.78 is 0. The molecule has 0 fully saturated rings. The first kappa shape index (κ1) is 11.2. The summed E-state index contributed by atoms with van der Waals surface area (Å²) in [6, 6.07) is 30.8. The van der Waals surface area contributed by atoms with Crippen molar-refractivity contribution in [1.82, 2.24) is 0 Å². The molecule has 4 aromatic rings. The first-order valence-electron chi connectivity index (χ1n) is 6.80. The number of benzene rings is 4. The fourth-order valence-corrected chi connectivity index (χ4v) is 2.85. The van der Waals surface area contributed by atoms with E-state index in [2.05, 4.69) is 78.9 Å². The Bertz CT molecular complexity index is 889. The van der Waals surface area contributed by atoms with Gasteiger partial charge in [-0.05, 0) is 44.8 Å². The van der Waals surface area contributed by atoms with Crippen LogP contribution in [0.25, 0.3) is 32.7 Å². The Morgan fingerprint density at radius 2 is 1.50 bits per heavy atom. The molecule has 0 bridgehead atoms. The van der Waals surface area contributed by atoms with Crippen LogP contribution in [0.2, 0.25) is 0 Å². The highest BCUT2D eigenvalue weighted by atomic mass is 14.1. The minimum atomic E-state index is 1.26. The molecule has 93 valence electrons. The normalized spacial score (nSPS) is 11.0. The molecule has 0 aromatic heterocycles. The molecule has 0 saturated carbocycles. The zero-order valence-corrected chi connectivity index (χ0v) is 11.0. The molecular weight excluding hydrogens is 240 g/mol. The molecule has 0 heteroatoms. The lowest BCUT2D eigenvalue weighted by Gasteiger charge is -2.10. The van der Waals surface area contributed by atoms with Gasteiger partial charge in [0.2, 0.25) is 0 Å². The molecule has 0 aliphatic rings. The van der Waals surface area contributed by atoms with Gasteiger partial charge in [-0.3, -0.25) is 0 Å². The van der Waals surface area contributed by atoms with Gasteiger partial charge < -0.3 is 0 Å². The first-order chi connectivity index (χ1) is 9.93.